The molecule has 0 bridgehead atoms. The molecule has 2 aromatic rings. The van der Waals surface area contributed by atoms with Crippen LogP contribution in [0.2, 0.25) is 0 Å². The van der Waals surface area contributed by atoms with Crippen LogP contribution < -0.4 is 0 Å². The third-order valence-electron chi connectivity index (χ3n) is 3.03. The summed E-state index contributed by atoms with van der Waals surface area (Å²) in [7, 11) is 0. The summed E-state index contributed by atoms with van der Waals surface area (Å²) in [5, 5.41) is 0. The summed E-state index contributed by atoms with van der Waals surface area (Å²) in [6.07, 6.45) is -0.478. The molecule has 0 aliphatic heterocycles. The topological polar surface area (TPSA) is 26.3 Å². The molecule has 0 saturated heterocycles. The first kappa shape index (κ1) is 15.9. The molecule has 21 heavy (non-hydrogen) atoms. The Hall–Kier alpha value is -1.52. The maximum atomic E-state index is 13.4. The van der Waals surface area contributed by atoms with E-state index in [4.69, 9.17) is 4.74 Å². The third-order valence-corrected chi connectivity index (χ3v) is 3.49. The molecule has 0 fully saturated rings. The van der Waals surface area contributed by atoms with Gasteiger partial charge in [0.2, 0.25) is 0 Å². The van der Waals surface area contributed by atoms with Crippen LogP contribution in [0.1, 0.15) is 24.2 Å². The molecule has 0 aromatic heterocycles. The molecular formula is C17H16BrFO2. The van der Waals surface area contributed by atoms with Crippen molar-refractivity contribution >= 4 is 21.7 Å². The Morgan fingerprint density at radius 1 is 1.24 bits per heavy atom. The zero-order valence-corrected chi connectivity index (χ0v) is 13.3. The highest BCUT2D eigenvalue weighted by Gasteiger charge is 2.21. The fourth-order valence-electron chi connectivity index (χ4n) is 2.18. The molecule has 0 aliphatic carbocycles. The second kappa shape index (κ2) is 7.48. The molecule has 4 heteroatoms. The van der Waals surface area contributed by atoms with E-state index in [0.717, 1.165) is 5.56 Å². The molecule has 1 unspecified atom stereocenters. The van der Waals surface area contributed by atoms with Gasteiger partial charge in [0.25, 0.3) is 0 Å². The van der Waals surface area contributed by atoms with Crippen LogP contribution in [0.25, 0.3) is 0 Å². The molecule has 0 N–H and O–H groups in total. The van der Waals surface area contributed by atoms with Gasteiger partial charge in [-0.1, -0.05) is 46.3 Å². The van der Waals surface area contributed by atoms with E-state index in [1.807, 2.05) is 37.3 Å². The minimum atomic E-state index is -0.613. The Labute approximate surface area is 132 Å². The van der Waals surface area contributed by atoms with Crippen molar-refractivity contribution in [1.29, 1.82) is 0 Å². The number of carbonyl (C=O) groups excluding carboxylic acids is 1. The first-order valence-electron chi connectivity index (χ1n) is 6.74. The molecule has 2 rings (SSSR count). The van der Waals surface area contributed by atoms with E-state index in [1.54, 1.807) is 6.07 Å². The summed E-state index contributed by atoms with van der Waals surface area (Å²) in [6, 6.07) is 13.8. The lowest BCUT2D eigenvalue weighted by molar-refractivity contribution is -0.130. The predicted octanol–water partition coefficient (Wildman–Crippen LogP) is 4.48. The standard InChI is InChI=1S/C17H16BrFO2/c1-2-21-17(13-6-4-3-5-7-13)16(20)10-12-8-14(18)11-15(19)9-12/h3-9,11,17H,2,10H2,1H3. The number of Topliss-reactive ketones (excluding diaryl/α,β-unsaturated/α-hetero) is 1. The Morgan fingerprint density at radius 3 is 2.57 bits per heavy atom. The zero-order valence-electron chi connectivity index (χ0n) is 11.7. The molecule has 0 spiro atoms. The van der Waals surface area contributed by atoms with Crippen LogP contribution in [-0.4, -0.2) is 12.4 Å². The lowest BCUT2D eigenvalue weighted by Gasteiger charge is -2.16. The highest BCUT2D eigenvalue weighted by atomic mass is 79.9. The first-order valence-corrected chi connectivity index (χ1v) is 7.53. The number of benzene rings is 2. The van der Waals surface area contributed by atoms with Crippen LogP contribution in [0.5, 0.6) is 0 Å². The largest absolute Gasteiger partial charge is 0.366 e. The van der Waals surface area contributed by atoms with E-state index < -0.39 is 6.10 Å². The molecular weight excluding hydrogens is 335 g/mol. The van der Waals surface area contributed by atoms with E-state index in [-0.39, 0.29) is 18.0 Å². The molecule has 2 aromatic carbocycles. The smallest absolute Gasteiger partial charge is 0.170 e. The second-order valence-electron chi connectivity index (χ2n) is 4.67. The first-order chi connectivity index (χ1) is 10.1. The molecule has 2 nitrogen and oxygen atoms in total. The monoisotopic (exact) mass is 350 g/mol. The van der Waals surface area contributed by atoms with Crippen LogP contribution in [0.15, 0.2) is 53.0 Å². The lowest BCUT2D eigenvalue weighted by atomic mass is 10.00. The van der Waals surface area contributed by atoms with Crippen LogP contribution in [0.4, 0.5) is 4.39 Å². The third kappa shape index (κ3) is 4.48. The van der Waals surface area contributed by atoms with Crippen molar-refractivity contribution < 1.29 is 13.9 Å². The van der Waals surface area contributed by atoms with Crippen LogP contribution in [0, 0.1) is 5.82 Å². The summed E-state index contributed by atoms with van der Waals surface area (Å²) in [5.74, 6) is -0.444. The Kier molecular flexibility index (Phi) is 5.65. The summed E-state index contributed by atoms with van der Waals surface area (Å²) < 4.78 is 19.6. The van der Waals surface area contributed by atoms with Crippen molar-refractivity contribution in [2.24, 2.45) is 0 Å². The predicted molar refractivity (Wildman–Crippen MR) is 83.6 cm³/mol. The highest BCUT2D eigenvalue weighted by molar-refractivity contribution is 9.10. The minimum absolute atomic E-state index is 0.0828. The van der Waals surface area contributed by atoms with Crippen LogP contribution in [-0.2, 0) is 16.0 Å². The van der Waals surface area contributed by atoms with Gasteiger partial charge in [0.1, 0.15) is 11.9 Å². The number of ketones is 1. The van der Waals surface area contributed by atoms with Gasteiger partial charge in [-0.05, 0) is 36.2 Å². The molecule has 0 radical (unpaired) electrons. The van der Waals surface area contributed by atoms with Gasteiger partial charge in [-0.25, -0.2) is 4.39 Å². The average Bonchev–Trinajstić information content (AvgIpc) is 2.44. The van der Waals surface area contributed by atoms with E-state index in [9.17, 15) is 9.18 Å². The molecule has 0 heterocycles. The number of hydrogen-bond acceptors (Lipinski definition) is 2. The van der Waals surface area contributed by atoms with Crippen molar-refractivity contribution in [1.82, 2.24) is 0 Å². The summed E-state index contributed by atoms with van der Waals surface area (Å²) in [5.41, 5.74) is 1.45. The number of hydrogen-bond donors (Lipinski definition) is 0. The molecule has 1 atom stereocenters. The van der Waals surface area contributed by atoms with E-state index >= 15 is 0 Å². The highest BCUT2D eigenvalue weighted by Crippen LogP contribution is 2.22. The van der Waals surface area contributed by atoms with E-state index in [2.05, 4.69) is 15.9 Å². The number of ether oxygens (including phenoxy) is 1. The molecule has 0 saturated carbocycles. The van der Waals surface area contributed by atoms with Crippen molar-refractivity contribution in [3.05, 3.63) is 69.9 Å². The van der Waals surface area contributed by atoms with Gasteiger partial charge in [-0.2, -0.15) is 0 Å². The zero-order chi connectivity index (χ0) is 15.2. The molecule has 0 amide bonds. The Morgan fingerprint density at radius 2 is 1.95 bits per heavy atom. The van der Waals surface area contributed by atoms with Gasteiger partial charge in [0, 0.05) is 17.5 Å². The number of halogens is 2. The van der Waals surface area contributed by atoms with Gasteiger partial charge in [-0.3, -0.25) is 4.79 Å². The quantitative estimate of drug-likeness (QED) is 0.767. The van der Waals surface area contributed by atoms with E-state index in [0.29, 0.717) is 16.6 Å². The fraction of sp³-hybridized carbons (Fsp3) is 0.235. The normalized spacial score (nSPS) is 12.1. The van der Waals surface area contributed by atoms with Crippen molar-refractivity contribution in [2.45, 2.75) is 19.4 Å². The lowest BCUT2D eigenvalue weighted by Crippen LogP contribution is -2.18. The summed E-state index contributed by atoms with van der Waals surface area (Å²) in [6.45, 7) is 2.29. The van der Waals surface area contributed by atoms with Gasteiger partial charge in [0.05, 0.1) is 0 Å². The number of rotatable bonds is 6. The molecule has 0 aliphatic rings. The van der Waals surface area contributed by atoms with Gasteiger partial charge in [0.15, 0.2) is 5.78 Å². The van der Waals surface area contributed by atoms with E-state index in [1.165, 1.54) is 12.1 Å². The Balaban J connectivity index is 2.19. The number of carbonyl (C=O) groups is 1. The van der Waals surface area contributed by atoms with Crippen LogP contribution >= 0.6 is 15.9 Å². The molecule has 110 valence electrons. The maximum Gasteiger partial charge on any atom is 0.170 e. The van der Waals surface area contributed by atoms with Gasteiger partial charge in [-0.15, -0.1) is 0 Å². The van der Waals surface area contributed by atoms with Crippen molar-refractivity contribution in [3.63, 3.8) is 0 Å². The average molecular weight is 351 g/mol. The van der Waals surface area contributed by atoms with Gasteiger partial charge < -0.3 is 4.74 Å². The minimum Gasteiger partial charge on any atom is -0.366 e. The fourth-order valence-corrected chi connectivity index (χ4v) is 2.69. The summed E-state index contributed by atoms with van der Waals surface area (Å²) >= 11 is 3.23. The van der Waals surface area contributed by atoms with Crippen LogP contribution in [0.3, 0.4) is 0 Å². The van der Waals surface area contributed by atoms with Crippen molar-refractivity contribution in [3.8, 4) is 0 Å². The van der Waals surface area contributed by atoms with Gasteiger partial charge >= 0.3 is 0 Å². The summed E-state index contributed by atoms with van der Waals surface area (Å²) in [4.78, 5) is 12.5. The SMILES string of the molecule is CCOC(C(=O)Cc1cc(F)cc(Br)c1)c1ccccc1. The van der Waals surface area contributed by atoms with Crippen molar-refractivity contribution in [2.75, 3.05) is 6.61 Å². The second-order valence-corrected chi connectivity index (χ2v) is 5.58. The Bertz CT molecular complexity index is 593. The maximum absolute atomic E-state index is 13.4.